The summed E-state index contributed by atoms with van der Waals surface area (Å²) in [4.78, 5) is 6.99. The molecule has 0 bridgehead atoms. The standard InChI is InChI=1S/C16H20N2O/c1-2-13-6-5-9-18(13)16-10-12(11-19)17-15-8-4-3-7-14(15)16/h3-4,7-8,10,13,19H,2,5-6,9,11H2,1H3. The van der Waals surface area contributed by atoms with Gasteiger partial charge < -0.3 is 10.0 Å². The molecule has 1 fully saturated rings. The molecule has 1 aliphatic rings. The van der Waals surface area contributed by atoms with Gasteiger partial charge in [0.25, 0.3) is 0 Å². The van der Waals surface area contributed by atoms with Crippen LogP contribution in [0.2, 0.25) is 0 Å². The van der Waals surface area contributed by atoms with Crippen LogP contribution in [0.3, 0.4) is 0 Å². The van der Waals surface area contributed by atoms with Crippen LogP contribution in [0.4, 0.5) is 5.69 Å². The summed E-state index contributed by atoms with van der Waals surface area (Å²) in [5.41, 5.74) is 2.97. The van der Waals surface area contributed by atoms with E-state index in [2.05, 4.69) is 35.0 Å². The highest BCUT2D eigenvalue weighted by molar-refractivity contribution is 5.92. The maximum atomic E-state index is 9.41. The van der Waals surface area contributed by atoms with Gasteiger partial charge in [-0.3, -0.25) is 4.98 Å². The van der Waals surface area contributed by atoms with Crippen molar-refractivity contribution in [2.45, 2.75) is 38.8 Å². The lowest BCUT2D eigenvalue weighted by Crippen LogP contribution is -2.28. The summed E-state index contributed by atoms with van der Waals surface area (Å²) in [6.45, 7) is 3.36. The summed E-state index contributed by atoms with van der Waals surface area (Å²) in [6.07, 6.45) is 3.69. The van der Waals surface area contributed by atoms with E-state index < -0.39 is 0 Å². The summed E-state index contributed by atoms with van der Waals surface area (Å²) < 4.78 is 0. The normalized spacial score (nSPS) is 19.3. The lowest BCUT2D eigenvalue weighted by molar-refractivity contribution is 0.277. The molecule has 1 aromatic heterocycles. The molecule has 1 aromatic carbocycles. The fourth-order valence-corrected chi connectivity index (χ4v) is 3.11. The van der Waals surface area contributed by atoms with E-state index in [1.54, 1.807) is 0 Å². The zero-order valence-corrected chi connectivity index (χ0v) is 11.3. The molecule has 3 nitrogen and oxygen atoms in total. The molecular weight excluding hydrogens is 236 g/mol. The van der Waals surface area contributed by atoms with Crippen LogP contribution in [-0.2, 0) is 6.61 Å². The van der Waals surface area contributed by atoms with Gasteiger partial charge >= 0.3 is 0 Å². The first-order valence-electron chi connectivity index (χ1n) is 7.09. The molecule has 1 N–H and O–H groups in total. The fourth-order valence-electron chi connectivity index (χ4n) is 3.11. The second-order valence-electron chi connectivity index (χ2n) is 5.21. The highest BCUT2D eigenvalue weighted by Crippen LogP contribution is 2.33. The lowest BCUT2D eigenvalue weighted by Gasteiger charge is -2.27. The number of anilines is 1. The number of pyridine rings is 1. The summed E-state index contributed by atoms with van der Waals surface area (Å²) in [5, 5.41) is 10.6. The number of benzene rings is 1. The van der Waals surface area contributed by atoms with Crippen molar-refractivity contribution in [3.63, 3.8) is 0 Å². The van der Waals surface area contributed by atoms with Crippen LogP contribution in [0, 0.1) is 0 Å². The second kappa shape index (κ2) is 5.17. The van der Waals surface area contributed by atoms with E-state index in [-0.39, 0.29) is 6.61 Å². The van der Waals surface area contributed by atoms with E-state index in [4.69, 9.17) is 0 Å². The molecule has 0 radical (unpaired) electrons. The Morgan fingerprint density at radius 2 is 2.21 bits per heavy atom. The number of rotatable bonds is 3. The smallest absolute Gasteiger partial charge is 0.0854 e. The average molecular weight is 256 g/mol. The third-order valence-corrected chi connectivity index (χ3v) is 4.07. The molecule has 3 rings (SSSR count). The van der Waals surface area contributed by atoms with E-state index in [0.29, 0.717) is 6.04 Å². The van der Waals surface area contributed by atoms with E-state index in [9.17, 15) is 5.11 Å². The Balaban J connectivity index is 2.15. The van der Waals surface area contributed by atoms with Gasteiger partial charge in [-0.25, -0.2) is 0 Å². The molecular formula is C16H20N2O. The summed E-state index contributed by atoms with van der Waals surface area (Å²) in [7, 11) is 0. The van der Waals surface area contributed by atoms with Gasteiger partial charge in [0, 0.05) is 23.7 Å². The molecule has 2 heterocycles. The Morgan fingerprint density at radius 1 is 1.37 bits per heavy atom. The molecule has 19 heavy (non-hydrogen) atoms. The lowest BCUT2D eigenvalue weighted by atomic mass is 10.1. The first-order valence-corrected chi connectivity index (χ1v) is 7.09. The molecule has 100 valence electrons. The summed E-state index contributed by atoms with van der Waals surface area (Å²) in [6, 6.07) is 10.9. The zero-order chi connectivity index (χ0) is 13.2. The van der Waals surface area contributed by atoms with E-state index >= 15 is 0 Å². The fraction of sp³-hybridized carbons (Fsp3) is 0.438. The van der Waals surface area contributed by atoms with Crippen LogP contribution in [0.5, 0.6) is 0 Å². The van der Waals surface area contributed by atoms with Crippen LogP contribution in [0.25, 0.3) is 10.9 Å². The molecule has 2 aromatic rings. The maximum Gasteiger partial charge on any atom is 0.0854 e. The molecule has 1 saturated heterocycles. The Labute approximate surface area is 113 Å². The predicted octanol–water partition coefficient (Wildman–Crippen LogP) is 3.11. The number of hydrogen-bond donors (Lipinski definition) is 1. The molecule has 0 aliphatic carbocycles. The van der Waals surface area contributed by atoms with Crippen LogP contribution < -0.4 is 4.90 Å². The molecule has 0 amide bonds. The molecule has 1 aliphatic heterocycles. The van der Waals surface area contributed by atoms with Gasteiger partial charge in [0.05, 0.1) is 17.8 Å². The monoisotopic (exact) mass is 256 g/mol. The van der Waals surface area contributed by atoms with Crippen molar-refractivity contribution >= 4 is 16.6 Å². The van der Waals surface area contributed by atoms with Crippen molar-refractivity contribution in [3.8, 4) is 0 Å². The summed E-state index contributed by atoms with van der Waals surface area (Å²) in [5.74, 6) is 0. The number of aromatic nitrogens is 1. The number of para-hydroxylation sites is 1. The van der Waals surface area contributed by atoms with E-state index in [0.717, 1.165) is 17.8 Å². The Bertz CT molecular complexity index is 582. The largest absolute Gasteiger partial charge is 0.390 e. The number of aliphatic hydroxyl groups excluding tert-OH is 1. The molecule has 1 atom stereocenters. The van der Waals surface area contributed by atoms with Crippen molar-refractivity contribution in [1.29, 1.82) is 0 Å². The third-order valence-electron chi connectivity index (χ3n) is 4.07. The minimum absolute atomic E-state index is 0.00245. The minimum atomic E-state index is 0.00245. The first-order chi connectivity index (χ1) is 9.33. The maximum absolute atomic E-state index is 9.41. The minimum Gasteiger partial charge on any atom is -0.390 e. The van der Waals surface area contributed by atoms with Gasteiger partial charge in [-0.05, 0) is 31.4 Å². The van der Waals surface area contributed by atoms with Crippen molar-refractivity contribution in [1.82, 2.24) is 4.98 Å². The first kappa shape index (κ1) is 12.4. The van der Waals surface area contributed by atoms with Crippen molar-refractivity contribution in [3.05, 3.63) is 36.0 Å². The van der Waals surface area contributed by atoms with Gasteiger partial charge in [0.2, 0.25) is 0 Å². The molecule has 0 saturated carbocycles. The second-order valence-corrected chi connectivity index (χ2v) is 5.21. The predicted molar refractivity (Wildman–Crippen MR) is 78.3 cm³/mol. The van der Waals surface area contributed by atoms with Crippen molar-refractivity contribution in [2.24, 2.45) is 0 Å². The van der Waals surface area contributed by atoms with E-state index in [1.807, 2.05) is 12.1 Å². The topological polar surface area (TPSA) is 36.4 Å². The van der Waals surface area contributed by atoms with Crippen LogP contribution in [0.1, 0.15) is 31.9 Å². The molecule has 1 unspecified atom stereocenters. The number of fused-ring (bicyclic) bond motifs is 1. The quantitative estimate of drug-likeness (QED) is 0.916. The van der Waals surface area contributed by atoms with E-state index in [1.165, 1.54) is 30.3 Å². The third kappa shape index (κ3) is 2.19. The van der Waals surface area contributed by atoms with Crippen molar-refractivity contribution in [2.75, 3.05) is 11.4 Å². The Hall–Kier alpha value is -1.61. The number of aliphatic hydroxyl groups is 1. The molecule has 3 heteroatoms. The highest BCUT2D eigenvalue weighted by atomic mass is 16.3. The summed E-state index contributed by atoms with van der Waals surface area (Å²) >= 11 is 0. The Morgan fingerprint density at radius 3 is 3.00 bits per heavy atom. The number of nitrogens with zero attached hydrogens (tertiary/aromatic N) is 2. The Kier molecular flexibility index (Phi) is 3.38. The van der Waals surface area contributed by atoms with Crippen molar-refractivity contribution < 1.29 is 5.11 Å². The van der Waals surface area contributed by atoms with Gasteiger partial charge in [0.15, 0.2) is 0 Å². The van der Waals surface area contributed by atoms with Gasteiger partial charge in [0.1, 0.15) is 0 Å². The SMILES string of the molecule is CCC1CCCN1c1cc(CO)nc2ccccc12. The van der Waals surface area contributed by atoms with Gasteiger partial charge in [-0.1, -0.05) is 25.1 Å². The van der Waals surface area contributed by atoms with Crippen LogP contribution >= 0.6 is 0 Å². The molecule has 0 spiro atoms. The highest BCUT2D eigenvalue weighted by Gasteiger charge is 2.24. The van der Waals surface area contributed by atoms with Crippen LogP contribution in [0.15, 0.2) is 30.3 Å². The van der Waals surface area contributed by atoms with Gasteiger partial charge in [-0.15, -0.1) is 0 Å². The average Bonchev–Trinajstić information content (AvgIpc) is 2.94. The zero-order valence-electron chi connectivity index (χ0n) is 11.3. The van der Waals surface area contributed by atoms with Gasteiger partial charge in [-0.2, -0.15) is 0 Å². The number of hydrogen-bond acceptors (Lipinski definition) is 3. The van der Waals surface area contributed by atoms with Crippen LogP contribution in [-0.4, -0.2) is 22.7 Å².